The number of aliphatic hydroxyl groups is 1. The fraction of sp³-hybridized carbons (Fsp3) is 0.562. The van der Waals surface area contributed by atoms with Gasteiger partial charge in [0.25, 0.3) is 5.91 Å². The number of carbonyl (C=O) groups excluding carboxylic acids is 1. The summed E-state index contributed by atoms with van der Waals surface area (Å²) in [6, 6.07) is 6.86. The molecule has 0 spiro atoms. The fourth-order valence-corrected chi connectivity index (χ4v) is 2.77. The summed E-state index contributed by atoms with van der Waals surface area (Å²) >= 11 is 5.85. The molecule has 1 atom stereocenters. The highest BCUT2D eigenvalue weighted by atomic mass is 35.5. The van der Waals surface area contributed by atoms with Crippen molar-refractivity contribution < 1.29 is 14.6 Å². The summed E-state index contributed by atoms with van der Waals surface area (Å²) in [4.78, 5) is 14.5. The first-order valence-corrected chi connectivity index (χ1v) is 7.68. The number of ether oxygens (including phenoxy) is 1. The molecule has 1 N–H and O–H groups in total. The lowest BCUT2D eigenvalue weighted by Crippen LogP contribution is -2.55. The van der Waals surface area contributed by atoms with Crippen LogP contribution in [0.3, 0.4) is 0 Å². The summed E-state index contributed by atoms with van der Waals surface area (Å²) < 4.78 is 5.83. The molecule has 4 nitrogen and oxygen atoms in total. The minimum atomic E-state index is -0.974. The molecule has 1 unspecified atom stereocenters. The van der Waals surface area contributed by atoms with Crippen molar-refractivity contribution in [2.75, 3.05) is 13.2 Å². The highest BCUT2D eigenvalue weighted by Crippen LogP contribution is 2.25. The molecule has 1 aliphatic rings. The van der Waals surface area contributed by atoms with Crippen LogP contribution in [0.15, 0.2) is 24.3 Å². The molecule has 0 radical (unpaired) electrons. The smallest absolute Gasteiger partial charge is 0.266 e. The van der Waals surface area contributed by atoms with Gasteiger partial charge in [-0.1, -0.05) is 11.6 Å². The molecule has 1 heterocycles. The zero-order valence-corrected chi connectivity index (χ0v) is 13.3. The van der Waals surface area contributed by atoms with E-state index in [1.807, 2.05) is 0 Å². The summed E-state index contributed by atoms with van der Waals surface area (Å²) in [5.41, 5.74) is -0.974. The largest absolute Gasteiger partial charge is 0.478 e. The van der Waals surface area contributed by atoms with Crippen molar-refractivity contribution in [3.63, 3.8) is 0 Å². The summed E-state index contributed by atoms with van der Waals surface area (Å²) in [5, 5.41) is 10.1. The topological polar surface area (TPSA) is 49.8 Å². The van der Waals surface area contributed by atoms with Gasteiger partial charge in [0.05, 0.1) is 12.6 Å². The fourth-order valence-electron chi connectivity index (χ4n) is 2.64. The number of aliphatic hydroxyl groups excluding tert-OH is 1. The van der Waals surface area contributed by atoms with Gasteiger partial charge in [-0.25, -0.2) is 0 Å². The van der Waals surface area contributed by atoms with Gasteiger partial charge in [0.2, 0.25) is 0 Å². The first kappa shape index (κ1) is 16.1. The van der Waals surface area contributed by atoms with Gasteiger partial charge in [0, 0.05) is 11.6 Å². The van der Waals surface area contributed by atoms with E-state index in [2.05, 4.69) is 0 Å². The Balaban J connectivity index is 2.10. The quantitative estimate of drug-likeness (QED) is 0.930. The summed E-state index contributed by atoms with van der Waals surface area (Å²) in [6.45, 7) is 4.19. The van der Waals surface area contributed by atoms with E-state index in [4.69, 9.17) is 16.3 Å². The molecular formula is C16H22ClNO3. The Kier molecular flexibility index (Phi) is 5.12. The van der Waals surface area contributed by atoms with Crippen LogP contribution in [0.5, 0.6) is 5.75 Å². The standard InChI is InChI=1S/C16H22ClNO3/c1-16(2,21-14-8-6-12(17)7-9-14)15(20)18-10-4-3-5-13(18)11-19/h6-9,13,19H,3-5,10-11H2,1-2H3. The van der Waals surface area contributed by atoms with Crippen LogP contribution < -0.4 is 4.74 Å². The maximum Gasteiger partial charge on any atom is 0.266 e. The van der Waals surface area contributed by atoms with E-state index in [9.17, 15) is 9.90 Å². The Hall–Kier alpha value is -1.26. The average Bonchev–Trinajstić information content (AvgIpc) is 2.48. The SMILES string of the molecule is CC(C)(Oc1ccc(Cl)cc1)C(=O)N1CCCCC1CO. The number of halogens is 1. The van der Waals surface area contributed by atoms with E-state index in [0.717, 1.165) is 19.3 Å². The third-order valence-corrected chi connectivity index (χ3v) is 4.05. The zero-order chi connectivity index (χ0) is 15.5. The molecule has 2 rings (SSSR count). The Morgan fingerprint density at radius 2 is 2.05 bits per heavy atom. The van der Waals surface area contributed by atoms with Crippen LogP contribution in [0.25, 0.3) is 0 Å². The second-order valence-electron chi connectivity index (χ2n) is 5.90. The third-order valence-electron chi connectivity index (χ3n) is 3.80. The number of benzene rings is 1. The molecule has 1 aliphatic heterocycles. The number of hydrogen-bond acceptors (Lipinski definition) is 3. The predicted octanol–water partition coefficient (Wildman–Crippen LogP) is 2.87. The van der Waals surface area contributed by atoms with Gasteiger partial charge in [0.1, 0.15) is 5.75 Å². The van der Waals surface area contributed by atoms with Gasteiger partial charge in [-0.3, -0.25) is 4.79 Å². The first-order valence-electron chi connectivity index (χ1n) is 7.30. The summed E-state index contributed by atoms with van der Waals surface area (Å²) in [5.74, 6) is 0.520. The van der Waals surface area contributed by atoms with E-state index in [1.165, 1.54) is 0 Å². The number of amides is 1. The molecule has 1 saturated heterocycles. The Morgan fingerprint density at radius 3 is 2.67 bits per heavy atom. The molecule has 0 saturated carbocycles. The van der Waals surface area contributed by atoms with E-state index >= 15 is 0 Å². The van der Waals surface area contributed by atoms with Crippen molar-refractivity contribution in [1.29, 1.82) is 0 Å². The minimum absolute atomic E-state index is 0.00274. The molecule has 1 amide bonds. The summed E-state index contributed by atoms with van der Waals surface area (Å²) in [7, 11) is 0. The van der Waals surface area contributed by atoms with Gasteiger partial charge in [-0.2, -0.15) is 0 Å². The lowest BCUT2D eigenvalue weighted by molar-refractivity contribution is -0.150. The van der Waals surface area contributed by atoms with Crippen molar-refractivity contribution in [2.45, 2.75) is 44.8 Å². The molecule has 1 aromatic rings. The third kappa shape index (κ3) is 3.89. The Morgan fingerprint density at radius 1 is 1.38 bits per heavy atom. The average molecular weight is 312 g/mol. The van der Waals surface area contributed by atoms with Crippen LogP contribution in [-0.4, -0.2) is 40.7 Å². The van der Waals surface area contributed by atoms with Crippen LogP contribution in [0.1, 0.15) is 33.1 Å². The van der Waals surface area contributed by atoms with E-state index in [0.29, 0.717) is 17.3 Å². The number of carbonyl (C=O) groups is 1. The van der Waals surface area contributed by atoms with Crippen LogP contribution in [0.4, 0.5) is 0 Å². The Bertz CT molecular complexity index is 487. The van der Waals surface area contributed by atoms with Gasteiger partial charge in [0.15, 0.2) is 5.60 Å². The Labute approximate surface area is 130 Å². The number of likely N-dealkylation sites (tertiary alicyclic amines) is 1. The number of nitrogens with zero attached hydrogens (tertiary/aromatic N) is 1. The molecule has 1 aromatic carbocycles. The molecule has 0 aromatic heterocycles. The monoisotopic (exact) mass is 311 g/mol. The van der Waals surface area contributed by atoms with Crippen molar-refractivity contribution in [3.8, 4) is 5.75 Å². The molecule has 5 heteroatoms. The molecule has 1 fully saturated rings. The van der Waals surface area contributed by atoms with Crippen LogP contribution >= 0.6 is 11.6 Å². The highest BCUT2D eigenvalue weighted by molar-refractivity contribution is 6.30. The normalized spacial score (nSPS) is 19.4. The second-order valence-corrected chi connectivity index (χ2v) is 6.33. The van der Waals surface area contributed by atoms with Gasteiger partial charge >= 0.3 is 0 Å². The molecule has 0 aliphatic carbocycles. The molecule has 0 bridgehead atoms. The second kappa shape index (κ2) is 6.67. The maximum absolute atomic E-state index is 12.7. The lowest BCUT2D eigenvalue weighted by atomic mass is 9.99. The minimum Gasteiger partial charge on any atom is -0.478 e. The number of rotatable bonds is 4. The van der Waals surface area contributed by atoms with E-state index in [1.54, 1.807) is 43.0 Å². The highest BCUT2D eigenvalue weighted by Gasteiger charge is 2.38. The van der Waals surface area contributed by atoms with Gasteiger partial charge in [-0.05, 0) is 57.4 Å². The number of piperidine rings is 1. The van der Waals surface area contributed by atoms with Crippen LogP contribution in [-0.2, 0) is 4.79 Å². The molecule has 116 valence electrons. The van der Waals surface area contributed by atoms with E-state index in [-0.39, 0.29) is 18.6 Å². The number of hydrogen-bond donors (Lipinski definition) is 1. The van der Waals surface area contributed by atoms with Gasteiger partial charge in [-0.15, -0.1) is 0 Å². The van der Waals surface area contributed by atoms with Crippen LogP contribution in [0.2, 0.25) is 5.02 Å². The first-order chi connectivity index (χ1) is 9.94. The van der Waals surface area contributed by atoms with Crippen LogP contribution in [0, 0.1) is 0 Å². The molecular weight excluding hydrogens is 290 g/mol. The van der Waals surface area contributed by atoms with E-state index < -0.39 is 5.60 Å². The predicted molar refractivity (Wildman–Crippen MR) is 82.6 cm³/mol. The van der Waals surface area contributed by atoms with Gasteiger partial charge < -0.3 is 14.7 Å². The summed E-state index contributed by atoms with van der Waals surface area (Å²) in [6.07, 6.45) is 2.87. The zero-order valence-electron chi connectivity index (χ0n) is 12.5. The van der Waals surface area contributed by atoms with Crippen molar-refractivity contribution in [3.05, 3.63) is 29.3 Å². The molecule has 21 heavy (non-hydrogen) atoms. The van der Waals surface area contributed by atoms with Crippen molar-refractivity contribution in [2.24, 2.45) is 0 Å². The maximum atomic E-state index is 12.7. The van der Waals surface area contributed by atoms with Crippen molar-refractivity contribution in [1.82, 2.24) is 4.90 Å². The van der Waals surface area contributed by atoms with Crippen molar-refractivity contribution >= 4 is 17.5 Å². The lowest BCUT2D eigenvalue weighted by Gasteiger charge is -2.39.